The topological polar surface area (TPSA) is 107 Å². The SMILES string of the molecule is O=C(Nc1cc2c(Nc3ccc(F)c(Cl)c3)ncnc2cc1O[C@H]1CCOC1)/C(F)=C\CN1C[C@@H]2OCCO[C@H]2C1. The Morgan fingerprint density at radius 2 is 1.95 bits per heavy atom. The van der Waals surface area contributed by atoms with Gasteiger partial charge in [0.15, 0.2) is 5.83 Å². The molecule has 2 N–H and O–H groups in total. The van der Waals surface area contributed by atoms with Gasteiger partial charge in [0.1, 0.15) is 29.8 Å². The first-order valence-electron chi connectivity index (χ1n) is 13.3. The Labute approximate surface area is 239 Å². The number of amides is 1. The minimum atomic E-state index is -0.930. The third-order valence-electron chi connectivity index (χ3n) is 7.13. The van der Waals surface area contributed by atoms with Gasteiger partial charge in [-0.2, -0.15) is 0 Å². The molecule has 41 heavy (non-hydrogen) atoms. The summed E-state index contributed by atoms with van der Waals surface area (Å²) in [7, 11) is 0. The number of aromatic nitrogens is 2. The first kappa shape index (κ1) is 27.7. The number of rotatable bonds is 8. The Kier molecular flexibility index (Phi) is 8.26. The molecule has 3 atom stereocenters. The zero-order valence-electron chi connectivity index (χ0n) is 21.9. The highest BCUT2D eigenvalue weighted by Crippen LogP contribution is 2.35. The predicted octanol–water partition coefficient (Wildman–Crippen LogP) is 4.23. The van der Waals surface area contributed by atoms with E-state index in [0.29, 0.717) is 74.1 Å². The highest BCUT2D eigenvalue weighted by atomic mass is 35.5. The molecular weight excluding hydrogens is 560 g/mol. The molecule has 3 aromatic rings. The third-order valence-corrected chi connectivity index (χ3v) is 7.42. The molecule has 1 amide bonds. The van der Waals surface area contributed by atoms with Crippen LogP contribution >= 0.6 is 11.6 Å². The van der Waals surface area contributed by atoms with E-state index in [1.807, 2.05) is 4.90 Å². The van der Waals surface area contributed by atoms with Gasteiger partial charge in [0, 0.05) is 43.2 Å². The molecular formula is C28H28ClF2N5O5. The molecule has 1 aromatic heterocycles. The number of hydrogen-bond donors (Lipinski definition) is 2. The van der Waals surface area contributed by atoms with Crippen molar-refractivity contribution in [2.45, 2.75) is 24.7 Å². The van der Waals surface area contributed by atoms with Crippen molar-refractivity contribution >= 4 is 45.6 Å². The third kappa shape index (κ3) is 6.41. The molecule has 0 radical (unpaired) electrons. The number of nitrogens with zero attached hydrogens (tertiary/aromatic N) is 3. The van der Waals surface area contributed by atoms with Crippen molar-refractivity contribution in [2.24, 2.45) is 0 Å². The molecule has 3 aliphatic heterocycles. The molecule has 2 aromatic carbocycles. The summed E-state index contributed by atoms with van der Waals surface area (Å²) >= 11 is 5.93. The normalized spacial score (nSPS) is 23.0. The Hall–Kier alpha value is -3.42. The average molecular weight is 588 g/mol. The van der Waals surface area contributed by atoms with Crippen LogP contribution in [0.5, 0.6) is 5.75 Å². The Balaban J connectivity index is 1.24. The van der Waals surface area contributed by atoms with Crippen LogP contribution in [0.2, 0.25) is 5.02 Å². The summed E-state index contributed by atoms with van der Waals surface area (Å²) in [4.78, 5) is 23.6. The highest BCUT2D eigenvalue weighted by molar-refractivity contribution is 6.31. The second kappa shape index (κ2) is 12.2. The van der Waals surface area contributed by atoms with E-state index in [1.54, 1.807) is 12.1 Å². The average Bonchev–Trinajstić information content (AvgIpc) is 3.64. The summed E-state index contributed by atoms with van der Waals surface area (Å²) < 4.78 is 51.6. The number of likely N-dealkylation sites (tertiary alicyclic amines) is 1. The first-order chi connectivity index (χ1) is 19.9. The van der Waals surface area contributed by atoms with Crippen LogP contribution in [0.25, 0.3) is 10.9 Å². The van der Waals surface area contributed by atoms with Gasteiger partial charge in [-0.05, 0) is 30.3 Å². The lowest BCUT2D eigenvalue weighted by Gasteiger charge is -2.24. The van der Waals surface area contributed by atoms with Crippen molar-refractivity contribution in [3.63, 3.8) is 0 Å². The molecule has 10 nitrogen and oxygen atoms in total. The maximum atomic E-state index is 15.0. The van der Waals surface area contributed by atoms with Crippen LogP contribution in [-0.2, 0) is 19.0 Å². The lowest BCUT2D eigenvalue weighted by Crippen LogP contribution is -2.36. The van der Waals surface area contributed by atoms with Crippen molar-refractivity contribution in [1.82, 2.24) is 14.9 Å². The van der Waals surface area contributed by atoms with E-state index in [0.717, 1.165) is 0 Å². The number of ether oxygens (including phenoxy) is 4. The fourth-order valence-electron chi connectivity index (χ4n) is 5.05. The fraction of sp³-hybridized carbons (Fsp3) is 0.393. The summed E-state index contributed by atoms with van der Waals surface area (Å²) in [6.45, 7) is 3.50. The van der Waals surface area contributed by atoms with Crippen LogP contribution in [0.3, 0.4) is 0 Å². The molecule has 216 valence electrons. The zero-order valence-corrected chi connectivity index (χ0v) is 22.7. The van der Waals surface area contributed by atoms with Gasteiger partial charge in [0.25, 0.3) is 5.91 Å². The van der Waals surface area contributed by atoms with E-state index in [9.17, 15) is 9.18 Å². The fourth-order valence-corrected chi connectivity index (χ4v) is 5.23. The van der Waals surface area contributed by atoms with E-state index in [2.05, 4.69) is 20.6 Å². The monoisotopic (exact) mass is 587 g/mol. The second-order valence-corrected chi connectivity index (χ2v) is 10.4. The van der Waals surface area contributed by atoms with Gasteiger partial charge in [-0.25, -0.2) is 18.7 Å². The summed E-state index contributed by atoms with van der Waals surface area (Å²) in [5.74, 6) is -1.70. The summed E-state index contributed by atoms with van der Waals surface area (Å²) in [5, 5.41) is 6.20. The van der Waals surface area contributed by atoms with Crippen molar-refractivity contribution < 1.29 is 32.5 Å². The van der Waals surface area contributed by atoms with Crippen LogP contribution in [0.4, 0.5) is 26.0 Å². The standard InChI is InChI=1S/C28H28ClF2N5O5/c29-19-9-16(1-2-20(19)30)34-27-18-10-23(24(11-22(18)32-15-33-27)41-17-4-6-38-14-17)35-28(37)21(31)3-5-36-12-25-26(13-36)40-8-7-39-25/h1-3,9-11,15,17,25-26H,4-8,12-14H2,(H,35,37)(H,32,33,34)/b21-3+/t17-,25-,26-/m0/s1. The molecule has 4 heterocycles. The van der Waals surface area contributed by atoms with Crippen LogP contribution in [-0.4, -0.2) is 85.1 Å². The number of fused-ring (bicyclic) bond motifs is 2. The lowest BCUT2D eigenvalue weighted by molar-refractivity contribution is -0.116. The summed E-state index contributed by atoms with van der Waals surface area (Å²) in [6.07, 6.45) is 2.97. The quantitative estimate of drug-likeness (QED) is 0.375. The van der Waals surface area contributed by atoms with Crippen LogP contribution in [0, 0.1) is 5.82 Å². The predicted molar refractivity (Wildman–Crippen MR) is 148 cm³/mol. The summed E-state index contributed by atoms with van der Waals surface area (Å²) in [6, 6.07) is 7.45. The molecule has 3 fully saturated rings. The van der Waals surface area contributed by atoms with Gasteiger partial charge >= 0.3 is 0 Å². The Morgan fingerprint density at radius 1 is 1.15 bits per heavy atom. The van der Waals surface area contributed by atoms with Gasteiger partial charge in [-0.15, -0.1) is 0 Å². The van der Waals surface area contributed by atoms with Crippen molar-refractivity contribution in [3.05, 3.63) is 59.4 Å². The zero-order chi connectivity index (χ0) is 28.3. The van der Waals surface area contributed by atoms with Gasteiger partial charge in [-0.1, -0.05) is 11.6 Å². The molecule has 6 rings (SSSR count). The maximum absolute atomic E-state index is 15.0. The molecule has 0 unspecified atom stereocenters. The number of carbonyl (C=O) groups is 1. The minimum Gasteiger partial charge on any atom is -0.486 e. The molecule has 0 bridgehead atoms. The van der Waals surface area contributed by atoms with Crippen molar-refractivity contribution in [3.8, 4) is 5.75 Å². The summed E-state index contributed by atoms with van der Waals surface area (Å²) in [5.41, 5.74) is 1.25. The maximum Gasteiger partial charge on any atom is 0.284 e. The van der Waals surface area contributed by atoms with Crippen LogP contribution in [0.15, 0.2) is 48.6 Å². The van der Waals surface area contributed by atoms with E-state index in [1.165, 1.54) is 30.6 Å². The number of anilines is 3. The molecule has 0 aliphatic carbocycles. The number of nitrogens with one attached hydrogen (secondary N) is 2. The number of halogens is 3. The Bertz CT molecular complexity index is 1460. The number of carbonyl (C=O) groups excluding carboxylic acids is 1. The molecule has 0 saturated carbocycles. The number of hydrogen-bond acceptors (Lipinski definition) is 9. The van der Waals surface area contributed by atoms with Gasteiger partial charge < -0.3 is 29.6 Å². The molecule has 13 heteroatoms. The van der Waals surface area contributed by atoms with E-state index in [-0.39, 0.29) is 35.6 Å². The van der Waals surface area contributed by atoms with Gasteiger partial charge in [0.05, 0.1) is 54.9 Å². The number of benzene rings is 2. The first-order valence-corrected chi connectivity index (χ1v) is 13.7. The van der Waals surface area contributed by atoms with Crippen molar-refractivity contribution in [1.29, 1.82) is 0 Å². The van der Waals surface area contributed by atoms with Gasteiger partial charge in [-0.3, -0.25) is 9.69 Å². The lowest BCUT2D eigenvalue weighted by atomic mass is 10.1. The van der Waals surface area contributed by atoms with E-state index >= 15 is 4.39 Å². The molecule has 0 spiro atoms. The molecule has 3 saturated heterocycles. The van der Waals surface area contributed by atoms with E-state index in [4.69, 9.17) is 30.5 Å². The van der Waals surface area contributed by atoms with Gasteiger partial charge in [0.2, 0.25) is 0 Å². The Morgan fingerprint density at radius 3 is 2.68 bits per heavy atom. The minimum absolute atomic E-state index is 0.0399. The molecule has 3 aliphatic rings. The second-order valence-electron chi connectivity index (χ2n) is 9.99. The largest absolute Gasteiger partial charge is 0.486 e. The van der Waals surface area contributed by atoms with Crippen LogP contribution < -0.4 is 15.4 Å². The smallest absolute Gasteiger partial charge is 0.284 e. The highest BCUT2D eigenvalue weighted by Gasteiger charge is 2.36. The van der Waals surface area contributed by atoms with E-state index < -0.39 is 17.6 Å². The van der Waals surface area contributed by atoms with Crippen molar-refractivity contribution in [2.75, 3.05) is 56.7 Å². The van der Waals surface area contributed by atoms with Crippen LogP contribution in [0.1, 0.15) is 6.42 Å².